The predicted octanol–water partition coefficient (Wildman–Crippen LogP) is 7.92. The Hall–Kier alpha value is -0.523. The molecule has 0 radical (unpaired) electrons. The van der Waals surface area contributed by atoms with E-state index in [2.05, 4.69) is 73.0 Å². The van der Waals surface area contributed by atoms with E-state index in [1.54, 1.807) is 0 Å². The maximum absolute atomic E-state index is 3.82. The van der Waals surface area contributed by atoms with Crippen molar-refractivity contribution in [2.24, 2.45) is 0 Å². The number of aryl methyl sites for hydroxylation is 2. The first kappa shape index (κ1) is 22.5. The summed E-state index contributed by atoms with van der Waals surface area (Å²) in [5.41, 5.74) is 7.74. The third-order valence-corrected chi connectivity index (χ3v) is 6.06. The van der Waals surface area contributed by atoms with E-state index in [4.69, 9.17) is 0 Å². The van der Waals surface area contributed by atoms with E-state index in [1.807, 2.05) is 0 Å². The van der Waals surface area contributed by atoms with Gasteiger partial charge in [0.25, 0.3) is 0 Å². The van der Waals surface area contributed by atoms with Crippen LogP contribution in [0.15, 0.2) is 16.6 Å². The van der Waals surface area contributed by atoms with E-state index < -0.39 is 8.07 Å². The second kappa shape index (κ2) is 12.0. The lowest BCUT2D eigenvalue weighted by atomic mass is 9.97. The van der Waals surface area contributed by atoms with Crippen molar-refractivity contribution in [2.45, 2.75) is 97.7 Å². The second-order valence-electron chi connectivity index (χ2n) is 8.22. The van der Waals surface area contributed by atoms with Crippen molar-refractivity contribution in [3.05, 3.63) is 33.3 Å². The molecule has 0 amide bonds. The van der Waals surface area contributed by atoms with Gasteiger partial charge in [-0.1, -0.05) is 93.9 Å². The fourth-order valence-corrected chi connectivity index (χ4v) is 4.01. The Kier molecular flexibility index (Phi) is 10.8. The minimum absolute atomic E-state index is 1.16. The molecule has 0 saturated heterocycles. The molecule has 0 unspecified atom stereocenters. The molecule has 0 aromatic heterocycles. The lowest BCUT2D eigenvalue weighted by molar-refractivity contribution is 0.662. The minimum atomic E-state index is -1.35. The van der Waals surface area contributed by atoms with E-state index in [0.29, 0.717) is 0 Å². The standard InChI is InChI=1S/C23H37BrSi/c1-6-8-10-12-14-20-19-23(24)22(15-13-11-9-7-2)18-21(20)16-17-25(3,4)5/h18-19H,6-15H2,1-5H3. The molecule has 1 rings (SSSR count). The molecule has 0 atom stereocenters. The van der Waals surface area contributed by atoms with Crippen molar-refractivity contribution in [1.82, 2.24) is 0 Å². The van der Waals surface area contributed by atoms with Crippen LogP contribution in [0.25, 0.3) is 0 Å². The van der Waals surface area contributed by atoms with Crippen LogP contribution < -0.4 is 0 Å². The Labute approximate surface area is 166 Å². The normalized spacial score (nSPS) is 11.3. The first-order valence-electron chi connectivity index (χ1n) is 10.2. The van der Waals surface area contributed by atoms with E-state index in [9.17, 15) is 0 Å². The Morgan fingerprint density at radius 1 is 0.800 bits per heavy atom. The maximum Gasteiger partial charge on any atom is 0.129 e. The van der Waals surface area contributed by atoms with Crippen LogP contribution in [0.1, 0.15) is 81.9 Å². The van der Waals surface area contributed by atoms with Gasteiger partial charge >= 0.3 is 0 Å². The van der Waals surface area contributed by atoms with Crippen LogP contribution in [-0.2, 0) is 12.8 Å². The summed E-state index contributed by atoms with van der Waals surface area (Å²) in [7, 11) is -1.35. The summed E-state index contributed by atoms with van der Waals surface area (Å²) in [6.45, 7) is 11.5. The summed E-state index contributed by atoms with van der Waals surface area (Å²) < 4.78 is 1.29. The molecular weight excluding hydrogens is 384 g/mol. The molecule has 0 spiro atoms. The van der Waals surface area contributed by atoms with E-state index in [-0.39, 0.29) is 0 Å². The van der Waals surface area contributed by atoms with E-state index >= 15 is 0 Å². The van der Waals surface area contributed by atoms with Crippen molar-refractivity contribution < 1.29 is 0 Å². The highest BCUT2D eigenvalue weighted by atomic mass is 79.9. The van der Waals surface area contributed by atoms with Crippen molar-refractivity contribution in [1.29, 1.82) is 0 Å². The average molecular weight is 422 g/mol. The second-order valence-corrected chi connectivity index (χ2v) is 13.8. The molecule has 0 fully saturated rings. The summed E-state index contributed by atoms with van der Waals surface area (Å²) in [4.78, 5) is 0. The van der Waals surface area contributed by atoms with Gasteiger partial charge in [0.05, 0.1) is 0 Å². The van der Waals surface area contributed by atoms with Crippen molar-refractivity contribution in [2.75, 3.05) is 0 Å². The Morgan fingerprint density at radius 2 is 1.36 bits per heavy atom. The molecule has 1 aromatic carbocycles. The number of hydrogen-bond acceptors (Lipinski definition) is 0. The summed E-state index contributed by atoms with van der Waals surface area (Å²) in [6, 6.07) is 4.73. The van der Waals surface area contributed by atoms with Gasteiger partial charge in [0, 0.05) is 10.0 Å². The van der Waals surface area contributed by atoms with Gasteiger partial charge in [-0.05, 0) is 48.9 Å². The van der Waals surface area contributed by atoms with Crippen LogP contribution in [0.5, 0.6) is 0 Å². The van der Waals surface area contributed by atoms with Gasteiger partial charge in [0.2, 0.25) is 0 Å². The Balaban J connectivity index is 2.96. The van der Waals surface area contributed by atoms with Gasteiger partial charge < -0.3 is 0 Å². The molecule has 0 aliphatic heterocycles. The summed E-state index contributed by atoms with van der Waals surface area (Å²) in [6.07, 6.45) is 12.8. The number of benzene rings is 1. The molecule has 25 heavy (non-hydrogen) atoms. The SMILES string of the molecule is CCCCCCc1cc(C#C[Si](C)(C)C)c(CCCCCC)cc1Br. The van der Waals surface area contributed by atoms with E-state index in [1.165, 1.54) is 79.0 Å². The summed E-state index contributed by atoms with van der Waals surface area (Å²) in [5, 5.41) is 0. The van der Waals surface area contributed by atoms with Crippen molar-refractivity contribution >= 4 is 24.0 Å². The fourth-order valence-electron chi connectivity index (χ4n) is 2.91. The van der Waals surface area contributed by atoms with Gasteiger partial charge in [0.15, 0.2) is 0 Å². The number of rotatable bonds is 10. The molecule has 0 bridgehead atoms. The highest BCUT2D eigenvalue weighted by Gasteiger charge is 2.10. The zero-order valence-corrected chi connectivity index (χ0v) is 19.7. The molecule has 2 heteroatoms. The molecule has 0 heterocycles. The van der Waals surface area contributed by atoms with Gasteiger partial charge in [-0.15, -0.1) is 5.54 Å². The highest BCUT2D eigenvalue weighted by Crippen LogP contribution is 2.25. The lowest BCUT2D eigenvalue weighted by Gasteiger charge is -2.12. The average Bonchev–Trinajstić information content (AvgIpc) is 2.55. The van der Waals surface area contributed by atoms with Gasteiger partial charge in [-0.2, -0.15) is 0 Å². The number of hydrogen-bond donors (Lipinski definition) is 0. The van der Waals surface area contributed by atoms with Crippen LogP contribution in [0, 0.1) is 11.5 Å². The van der Waals surface area contributed by atoms with Crippen LogP contribution in [0.2, 0.25) is 19.6 Å². The molecule has 0 aliphatic rings. The summed E-state index contributed by atoms with van der Waals surface area (Å²) >= 11 is 3.82. The molecule has 0 aliphatic carbocycles. The van der Waals surface area contributed by atoms with Crippen LogP contribution in [0.4, 0.5) is 0 Å². The Morgan fingerprint density at radius 3 is 1.88 bits per heavy atom. The first-order chi connectivity index (χ1) is 11.9. The third-order valence-electron chi connectivity index (χ3n) is 4.44. The topological polar surface area (TPSA) is 0 Å². The number of unbranched alkanes of at least 4 members (excludes halogenated alkanes) is 6. The van der Waals surface area contributed by atoms with Crippen LogP contribution >= 0.6 is 15.9 Å². The van der Waals surface area contributed by atoms with E-state index in [0.717, 1.165) is 6.42 Å². The third kappa shape index (κ3) is 9.66. The van der Waals surface area contributed by atoms with Gasteiger partial charge in [0.1, 0.15) is 8.07 Å². The smallest absolute Gasteiger partial charge is 0.127 e. The van der Waals surface area contributed by atoms with Crippen molar-refractivity contribution in [3.63, 3.8) is 0 Å². The number of halogens is 1. The van der Waals surface area contributed by atoms with Gasteiger partial charge in [-0.3, -0.25) is 0 Å². The maximum atomic E-state index is 3.82. The molecule has 1 aromatic rings. The van der Waals surface area contributed by atoms with Crippen LogP contribution in [0.3, 0.4) is 0 Å². The van der Waals surface area contributed by atoms with Crippen LogP contribution in [-0.4, -0.2) is 8.07 Å². The molecule has 140 valence electrons. The zero-order chi connectivity index (χ0) is 18.7. The minimum Gasteiger partial charge on any atom is -0.127 e. The monoisotopic (exact) mass is 420 g/mol. The summed E-state index contributed by atoms with van der Waals surface area (Å²) in [5.74, 6) is 3.55. The molecule has 0 N–H and O–H groups in total. The van der Waals surface area contributed by atoms with Crippen molar-refractivity contribution in [3.8, 4) is 11.5 Å². The lowest BCUT2D eigenvalue weighted by Crippen LogP contribution is -2.16. The molecular formula is C23H37BrSi. The zero-order valence-electron chi connectivity index (χ0n) is 17.1. The first-order valence-corrected chi connectivity index (χ1v) is 14.5. The largest absolute Gasteiger partial charge is 0.129 e. The quantitative estimate of drug-likeness (QED) is 0.204. The fraction of sp³-hybridized carbons (Fsp3) is 0.652. The predicted molar refractivity (Wildman–Crippen MR) is 120 cm³/mol. The highest BCUT2D eigenvalue weighted by molar-refractivity contribution is 9.10. The molecule has 0 saturated carbocycles. The Bertz CT molecular complexity index is 572. The van der Waals surface area contributed by atoms with Gasteiger partial charge in [-0.25, -0.2) is 0 Å². The molecule has 0 nitrogen and oxygen atoms in total.